The maximum absolute atomic E-state index is 4.22. The summed E-state index contributed by atoms with van der Waals surface area (Å²) in [7, 11) is 0. The van der Waals surface area contributed by atoms with Crippen molar-refractivity contribution in [2.24, 2.45) is 4.99 Å². The second-order valence-corrected chi connectivity index (χ2v) is 3.13. The Morgan fingerprint density at radius 3 is 2.91 bits per heavy atom. The molecule has 11 heavy (non-hydrogen) atoms. The van der Waals surface area contributed by atoms with E-state index >= 15 is 0 Å². The Morgan fingerprint density at radius 1 is 1.36 bits per heavy atom. The smallest absolute Gasteiger partial charge is 0.209 e. The number of nitrogens with zero attached hydrogens (tertiary/aromatic N) is 2. The van der Waals surface area contributed by atoms with Crippen LogP contribution in [0.25, 0.3) is 10.2 Å². The zero-order valence-electron chi connectivity index (χ0n) is 5.82. The molecule has 0 unspecified atom stereocenters. The number of aliphatic imine (C=N–C) groups is 1. The second-order valence-electron chi connectivity index (χ2n) is 2.12. The summed E-state index contributed by atoms with van der Waals surface area (Å²) in [6.07, 6.45) is 0. The van der Waals surface area contributed by atoms with Crippen molar-refractivity contribution in [2.45, 2.75) is 0 Å². The lowest BCUT2D eigenvalue weighted by atomic mass is 10.3. The molecule has 0 radical (unpaired) electrons. The summed E-state index contributed by atoms with van der Waals surface area (Å²) >= 11 is 1.56. The number of hydrogen-bond acceptors (Lipinski definition) is 3. The summed E-state index contributed by atoms with van der Waals surface area (Å²) < 4.78 is 1.16. The Morgan fingerprint density at radius 2 is 2.18 bits per heavy atom. The third kappa shape index (κ3) is 1.03. The van der Waals surface area contributed by atoms with E-state index in [-0.39, 0.29) is 0 Å². The van der Waals surface area contributed by atoms with Crippen molar-refractivity contribution in [3.8, 4) is 0 Å². The van der Waals surface area contributed by atoms with Crippen molar-refractivity contribution in [3.05, 3.63) is 24.3 Å². The van der Waals surface area contributed by atoms with Gasteiger partial charge in [0.15, 0.2) is 0 Å². The Hall–Kier alpha value is -1.22. The molecule has 0 spiro atoms. The summed E-state index contributed by atoms with van der Waals surface area (Å²) in [5.41, 5.74) is 1.000. The number of hydrogen-bond donors (Lipinski definition) is 0. The van der Waals surface area contributed by atoms with Crippen molar-refractivity contribution in [1.82, 2.24) is 4.98 Å². The van der Waals surface area contributed by atoms with Gasteiger partial charge < -0.3 is 0 Å². The van der Waals surface area contributed by atoms with Gasteiger partial charge in [0.2, 0.25) is 5.13 Å². The fourth-order valence-corrected chi connectivity index (χ4v) is 1.70. The molecule has 0 saturated heterocycles. The minimum atomic E-state index is 0.742. The van der Waals surface area contributed by atoms with Gasteiger partial charge in [-0.1, -0.05) is 23.5 Å². The predicted molar refractivity (Wildman–Crippen MR) is 48.8 cm³/mol. The lowest BCUT2D eigenvalue weighted by molar-refractivity contribution is 1.42. The monoisotopic (exact) mass is 162 g/mol. The van der Waals surface area contributed by atoms with Gasteiger partial charge >= 0.3 is 0 Å². The molecule has 1 heterocycles. The van der Waals surface area contributed by atoms with E-state index < -0.39 is 0 Å². The minimum absolute atomic E-state index is 0.742. The SMILES string of the molecule is C=Nc1nc2ccccc2s1. The van der Waals surface area contributed by atoms with Crippen molar-refractivity contribution >= 4 is 33.4 Å². The van der Waals surface area contributed by atoms with Crippen molar-refractivity contribution < 1.29 is 0 Å². The lowest BCUT2D eigenvalue weighted by Crippen LogP contribution is -1.62. The molecule has 0 aliphatic heterocycles. The number of aromatic nitrogens is 1. The second kappa shape index (κ2) is 2.43. The summed E-state index contributed by atoms with van der Waals surface area (Å²) in [5.74, 6) is 0. The minimum Gasteiger partial charge on any atom is -0.236 e. The number of rotatable bonds is 1. The molecule has 0 saturated carbocycles. The van der Waals surface area contributed by atoms with Gasteiger partial charge in [0.1, 0.15) is 0 Å². The fourth-order valence-electron chi connectivity index (χ4n) is 0.928. The molecule has 2 rings (SSSR count). The first-order chi connectivity index (χ1) is 5.40. The highest BCUT2D eigenvalue weighted by molar-refractivity contribution is 7.21. The zero-order valence-corrected chi connectivity index (χ0v) is 6.64. The van der Waals surface area contributed by atoms with Gasteiger partial charge in [-0.05, 0) is 18.9 Å². The molecule has 54 valence electrons. The molecular weight excluding hydrogens is 156 g/mol. The zero-order chi connectivity index (χ0) is 7.68. The first-order valence-corrected chi connectivity index (χ1v) is 4.04. The van der Waals surface area contributed by atoms with E-state index in [4.69, 9.17) is 0 Å². The Kier molecular flexibility index (Phi) is 1.43. The normalized spacial score (nSPS) is 10.2. The highest BCUT2D eigenvalue weighted by Gasteiger charge is 1.98. The highest BCUT2D eigenvalue weighted by atomic mass is 32.1. The van der Waals surface area contributed by atoms with Crippen LogP contribution in [0, 0.1) is 0 Å². The van der Waals surface area contributed by atoms with Crippen LogP contribution in [0.1, 0.15) is 0 Å². The quantitative estimate of drug-likeness (QED) is 0.592. The van der Waals surface area contributed by atoms with Gasteiger partial charge in [-0.25, -0.2) is 9.98 Å². The van der Waals surface area contributed by atoms with Gasteiger partial charge in [-0.3, -0.25) is 0 Å². The molecule has 0 amide bonds. The van der Waals surface area contributed by atoms with E-state index in [1.54, 1.807) is 11.3 Å². The molecule has 0 N–H and O–H groups in total. The van der Waals surface area contributed by atoms with E-state index in [1.807, 2.05) is 24.3 Å². The molecule has 2 aromatic rings. The lowest BCUT2D eigenvalue weighted by Gasteiger charge is -1.80. The molecule has 0 aliphatic rings. The van der Waals surface area contributed by atoms with Crippen LogP contribution in [0.5, 0.6) is 0 Å². The van der Waals surface area contributed by atoms with Crippen LogP contribution in [0.4, 0.5) is 5.13 Å². The largest absolute Gasteiger partial charge is 0.236 e. The summed E-state index contributed by atoms with van der Waals surface area (Å²) in [6, 6.07) is 7.96. The molecule has 0 atom stereocenters. The maximum Gasteiger partial charge on any atom is 0.209 e. The average molecular weight is 162 g/mol. The molecule has 1 aromatic heterocycles. The van der Waals surface area contributed by atoms with Crippen LogP contribution in [0.3, 0.4) is 0 Å². The van der Waals surface area contributed by atoms with Crippen LogP contribution < -0.4 is 0 Å². The Balaban J connectivity index is 2.78. The van der Waals surface area contributed by atoms with Crippen LogP contribution in [-0.2, 0) is 0 Å². The number of benzene rings is 1. The molecule has 3 heteroatoms. The highest BCUT2D eigenvalue weighted by Crippen LogP contribution is 2.26. The predicted octanol–water partition coefficient (Wildman–Crippen LogP) is 2.63. The van der Waals surface area contributed by atoms with Crippen molar-refractivity contribution in [2.75, 3.05) is 0 Å². The summed E-state index contributed by atoms with van der Waals surface area (Å²) in [6.45, 7) is 3.42. The van der Waals surface area contributed by atoms with Gasteiger partial charge in [-0.2, -0.15) is 0 Å². The molecule has 1 aromatic carbocycles. The number of thiazole rings is 1. The third-order valence-corrected chi connectivity index (χ3v) is 2.39. The van der Waals surface area contributed by atoms with E-state index in [1.165, 1.54) is 0 Å². The van der Waals surface area contributed by atoms with Crippen LogP contribution in [0.15, 0.2) is 29.3 Å². The van der Waals surface area contributed by atoms with Gasteiger partial charge in [0.25, 0.3) is 0 Å². The molecule has 2 nitrogen and oxygen atoms in total. The van der Waals surface area contributed by atoms with E-state index in [0.29, 0.717) is 0 Å². The molecule has 0 bridgehead atoms. The van der Waals surface area contributed by atoms with Gasteiger partial charge in [0, 0.05) is 0 Å². The van der Waals surface area contributed by atoms with Gasteiger partial charge in [0.05, 0.1) is 10.2 Å². The van der Waals surface area contributed by atoms with E-state index in [9.17, 15) is 0 Å². The molecule has 0 aliphatic carbocycles. The maximum atomic E-state index is 4.22. The van der Waals surface area contributed by atoms with E-state index in [0.717, 1.165) is 15.3 Å². The topological polar surface area (TPSA) is 25.2 Å². The van der Waals surface area contributed by atoms with Crippen molar-refractivity contribution in [3.63, 3.8) is 0 Å². The van der Waals surface area contributed by atoms with E-state index in [2.05, 4.69) is 16.7 Å². The standard InChI is InChI=1S/C8H6N2S/c1-9-8-10-6-4-2-3-5-7(6)11-8/h2-5H,1H2. The average Bonchev–Trinajstić information content (AvgIpc) is 2.46. The first kappa shape index (κ1) is 6.49. The first-order valence-electron chi connectivity index (χ1n) is 3.22. The third-order valence-electron chi connectivity index (χ3n) is 1.42. The summed E-state index contributed by atoms with van der Waals surface area (Å²) in [4.78, 5) is 7.99. The number of para-hydroxylation sites is 1. The molecular formula is C8H6N2S. The number of fused-ring (bicyclic) bond motifs is 1. The fraction of sp³-hybridized carbons (Fsp3) is 0. The van der Waals surface area contributed by atoms with Crippen molar-refractivity contribution in [1.29, 1.82) is 0 Å². The van der Waals surface area contributed by atoms with Crippen LogP contribution in [0.2, 0.25) is 0 Å². The van der Waals surface area contributed by atoms with Crippen LogP contribution >= 0.6 is 11.3 Å². The summed E-state index contributed by atoms with van der Waals surface area (Å²) in [5, 5.41) is 0.742. The Labute approximate surface area is 68.2 Å². The van der Waals surface area contributed by atoms with Crippen LogP contribution in [-0.4, -0.2) is 11.7 Å². The molecule has 0 fully saturated rings. The van der Waals surface area contributed by atoms with Gasteiger partial charge in [-0.15, -0.1) is 0 Å². The Bertz CT molecular complexity index is 359.